The molecule has 0 saturated heterocycles. The summed E-state index contributed by atoms with van der Waals surface area (Å²) in [5.74, 6) is -0.819. The highest BCUT2D eigenvalue weighted by Gasteiger charge is 2.13. The van der Waals surface area contributed by atoms with Gasteiger partial charge in [0, 0.05) is 15.6 Å². The summed E-state index contributed by atoms with van der Waals surface area (Å²) in [4.78, 5) is 24.5. The molecule has 122 valence electrons. The summed E-state index contributed by atoms with van der Waals surface area (Å²) < 4.78 is 6.24. The molecule has 3 aromatic rings. The van der Waals surface area contributed by atoms with E-state index in [4.69, 9.17) is 16.3 Å². The lowest BCUT2D eigenvalue weighted by atomic mass is 10.2. The van der Waals surface area contributed by atoms with Crippen LogP contribution in [0.2, 0.25) is 5.02 Å². The molecule has 2 aromatic carbocycles. The lowest BCUT2D eigenvalue weighted by Crippen LogP contribution is -2.30. The van der Waals surface area contributed by atoms with Crippen molar-refractivity contribution in [2.24, 2.45) is 0 Å². The molecule has 1 heterocycles. The van der Waals surface area contributed by atoms with Gasteiger partial charge in [0.1, 0.15) is 13.2 Å². The summed E-state index contributed by atoms with van der Waals surface area (Å²) in [6, 6.07) is 16.4. The number of hydrogen-bond donors (Lipinski definition) is 1. The van der Waals surface area contributed by atoms with Crippen LogP contribution in [0, 0.1) is 0 Å². The monoisotopic (exact) mass is 359 g/mol. The smallest absolute Gasteiger partial charge is 0.325 e. The predicted molar refractivity (Wildman–Crippen MR) is 95.4 cm³/mol. The second-order valence-electron chi connectivity index (χ2n) is 5.04. The summed E-state index contributed by atoms with van der Waals surface area (Å²) in [6.45, 7) is -0.0888. The quantitative estimate of drug-likeness (QED) is 0.700. The fraction of sp³-hybridized carbons (Fsp3) is 0.111. The Morgan fingerprint density at radius 2 is 1.75 bits per heavy atom. The molecule has 4 nitrogen and oxygen atoms in total. The van der Waals surface area contributed by atoms with Gasteiger partial charge in [-0.1, -0.05) is 48.0 Å². The third-order valence-electron chi connectivity index (χ3n) is 3.40. The lowest BCUT2D eigenvalue weighted by Gasteiger charge is -2.06. The first-order valence-electron chi connectivity index (χ1n) is 7.30. The van der Waals surface area contributed by atoms with Crippen molar-refractivity contribution in [1.29, 1.82) is 0 Å². The number of benzene rings is 2. The number of thiophene rings is 1. The van der Waals surface area contributed by atoms with E-state index in [9.17, 15) is 9.59 Å². The van der Waals surface area contributed by atoms with Crippen LogP contribution in [0.15, 0.2) is 54.6 Å². The number of carbonyl (C=O) groups is 2. The molecule has 0 aliphatic rings. The fourth-order valence-corrected chi connectivity index (χ4v) is 3.60. The zero-order chi connectivity index (χ0) is 16.9. The third-order valence-corrected chi connectivity index (χ3v) is 5.08. The van der Waals surface area contributed by atoms with Gasteiger partial charge >= 0.3 is 5.97 Å². The zero-order valence-corrected chi connectivity index (χ0v) is 14.2. The molecular formula is C18H14ClNO3S. The van der Waals surface area contributed by atoms with E-state index in [0.29, 0.717) is 10.6 Å². The Kier molecular flexibility index (Phi) is 5.13. The molecule has 6 heteroatoms. The highest BCUT2D eigenvalue weighted by molar-refractivity contribution is 7.19. The minimum Gasteiger partial charge on any atom is -0.459 e. The van der Waals surface area contributed by atoms with Gasteiger partial charge in [0.2, 0.25) is 0 Å². The molecule has 24 heavy (non-hydrogen) atoms. The molecule has 0 unspecified atom stereocenters. The van der Waals surface area contributed by atoms with Gasteiger partial charge < -0.3 is 10.1 Å². The topological polar surface area (TPSA) is 55.4 Å². The second-order valence-corrected chi connectivity index (χ2v) is 6.56. The van der Waals surface area contributed by atoms with Crippen LogP contribution in [0.5, 0.6) is 0 Å². The maximum Gasteiger partial charge on any atom is 0.325 e. The summed E-state index contributed by atoms with van der Waals surface area (Å²) in [7, 11) is 0. The van der Waals surface area contributed by atoms with Crippen LogP contribution < -0.4 is 5.32 Å². The van der Waals surface area contributed by atoms with Gasteiger partial charge in [-0.25, -0.2) is 0 Å². The van der Waals surface area contributed by atoms with Crippen LogP contribution in [0.25, 0.3) is 10.1 Å². The molecule has 0 radical (unpaired) electrons. The van der Waals surface area contributed by atoms with Crippen molar-refractivity contribution >= 4 is 44.9 Å². The molecule has 0 saturated carbocycles. The Balaban J connectivity index is 1.54. The molecule has 0 spiro atoms. The SMILES string of the molecule is O=C(CNC(=O)c1ccccc1)OCc1sc2ccccc2c1Cl. The molecule has 0 atom stereocenters. The van der Waals surface area contributed by atoms with Crippen LogP contribution in [-0.4, -0.2) is 18.4 Å². The van der Waals surface area contributed by atoms with Crippen LogP contribution in [-0.2, 0) is 16.1 Å². The molecular weight excluding hydrogens is 346 g/mol. The minimum atomic E-state index is -0.507. The first kappa shape index (κ1) is 16.5. The van der Waals surface area contributed by atoms with Crippen molar-refractivity contribution in [2.75, 3.05) is 6.54 Å². The number of nitrogens with one attached hydrogen (secondary N) is 1. The predicted octanol–water partition coefficient (Wildman–Crippen LogP) is 4.03. The second kappa shape index (κ2) is 7.47. The molecule has 1 N–H and O–H groups in total. The van der Waals surface area contributed by atoms with Crippen LogP contribution in [0.1, 0.15) is 15.2 Å². The number of halogens is 1. The number of ether oxygens (including phenoxy) is 1. The molecule has 0 fully saturated rings. The number of carbonyl (C=O) groups excluding carboxylic acids is 2. The van der Waals surface area contributed by atoms with E-state index >= 15 is 0 Å². The van der Waals surface area contributed by atoms with Crippen LogP contribution in [0.3, 0.4) is 0 Å². The maximum absolute atomic E-state index is 11.9. The van der Waals surface area contributed by atoms with E-state index in [1.807, 2.05) is 30.3 Å². The molecule has 1 amide bonds. The normalized spacial score (nSPS) is 10.5. The Hall–Kier alpha value is -2.37. The van der Waals surface area contributed by atoms with Crippen LogP contribution in [0.4, 0.5) is 0 Å². The maximum atomic E-state index is 11.9. The first-order valence-corrected chi connectivity index (χ1v) is 8.49. The average molecular weight is 360 g/mol. The van der Waals surface area contributed by atoms with Crippen LogP contribution >= 0.6 is 22.9 Å². The Morgan fingerprint density at radius 3 is 2.50 bits per heavy atom. The van der Waals surface area contributed by atoms with E-state index in [-0.39, 0.29) is 19.1 Å². The number of rotatable bonds is 5. The van der Waals surface area contributed by atoms with Gasteiger partial charge in [-0.2, -0.15) is 0 Å². The van der Waals surface area contributed by atoms with Crippen molar-refractivity contribution in [3.63, 3.8) is 0 Å². The van der Waals surface area contributed by atoms with Gasteiger partial charge in [0.05, 0.1) is 9.90 Å². The standard InChI is InChI=1S/C18H14ClNO3S/c19-17-13-8-4-5-9-14(13)24-15(17)11-23-16(21)10-20-18(22)12-6-2-1-3-7-12/h1-9H,10-11H2,(H,20,22). The van der Waals surface area contributed by atoms with Crippen molar-refractivity contribution in [2.45, 2.75) is 6.61 Å². The molecule has 3 rings (SSSR count). The van der Waals surface area contributed by atoms with E-state index in [2.05, 4.69) is 5.32 Å². The van der Waals surface area contributed by atoms with Crippen molar-refractivity contribution in [1.82, 2.24) is 5.32 Å². The lowest BCUT2D eigenvalue weighted by molar-refractivity contribution is -0.143. The number of esters is 1. The Labute approximate surface area is 148 Å². The largest absolute Gasteiger partial charge is 0.459 e. The summed E-state index contributed by atoms with van der Waals surface area (Å²) >= 11 is 7.79. The summed E-state index contributed by atoms with van der Waals surface area (Å²) in [6.07, 6.45) is 0. The van der Waals surface area contributed by atoms with Gasteiger partial charge in [0.15, 0.2) is 0 Å². The van der Waals surface area contributed by atoms with Gasteiger partial charge in [-0.15, -0.1) is 11.3 Å². The minimum absolute atomic E-state index is 0.0955. The molecule has 1 aromatic heterocycles. The van der Waals surface area contributed by atoms with Gasteiger partial charge in [0.25, 0.3) is 5.91 Å². The van der Waals surface area contributed by atoms with Crippen molar-refractivity contribution < 1.29 is 14.3 Å². The van der Waals surface area contributed by atoms with Crippen molar-refractivity contribution in [3.8, 4) is 0 Å². The van der Waals surface area contributed by atoms with Crippen molar-refractivity contribution in [3.05, 3.63) is 70.1 Å². The van der Waals surface area contributed by atoms with E-state index in [1.165, 1.54) is 11.3 Å². The summed E-state index contributed by atoms with van der Waals surface area (Å²) in [5.41, 5.74) is 0.498. The average Bonchev–Trinajstić information content (AvgIpc) is 2.95. The third kappa shape index (κ3) is 3.75. The highest BCUT2D eigenvalue weighted by atomic mass is 35.5. The zero-order valence-electron chi connectivity index (χ0n) is 12.6. The van der Waals surface area contributed by atoms with E-state index in [1.54, 1.807) is 24.3 Å². The Bertz CT molecular complexity index is 876. The molecule has 0 bridgehead atoms. The van der Waals surface area contributed by atoms with E-state index < -0.39 is 5.97 Å². The molecule has 0 aliphatic carbocycles. The summed E-state index contributed by atoms with van der Waals surface area (Å²) in [5, 5.41) is 4.09. The number of amides is 1. The molecule has 0 aliphatic heterocycles. The van der Waals surface area contributed by atoms with E-state index in [0.717, 1.165) is 15.0 Å². The number of hydrogen-bond acceptors (Lipinski definition) is 4. The number of fused-ring (bicyclic) bond motifs is 1. The van der Waals surface area contributed by atoms with Gasteiger partial charge in [-0.05, 0) is 18.2 Å². The van der Waals surface area contributed by atoms with Gasteiger partial charge in [-0.3, -0.25) is 9.59 Å². The fourth-order valence-electron chi connectivity index (χ4n) is 2.20. The first-order chi connectivity index (χ1) is 11.6. The highest BCUT2D eigenvalue weighted by Crippen LogP contribution is 2.35. The Morgan fingerprint density at radius 1 is 1.04 bits per heavy atom.